The molecule has 1 saturated heterocycles. The van der Waals surface area contributed by atoms with Crippen LogP contribution >= 0.6 is 11.8 Å². The van der Waals surface area contributed by atoms with Crippen LogP contribution in [0.15, 0.2) is 12.4 Å². The molecule has 1 atom stereocenters. The normalized spacial score (nSPS) is 18.9. The molecule has 2 N–H and O–H groups in total. The van der Waals surface area contributed by atoms with Crippen LogP contribution in [0, 0.1) is 0 Å². The maximum atomic E-state index is 11.9. The number of hydrogen-bond acceptors (Lipinski definition) is 4. The number of hydrogen-bond donors (Lipinski definition) is 2. The lowest BCUT2D eigenvalue weighted by atomic mass is 10.3. The standard InChI is InChI=1S/C10H14N4O3S/c1-2-13-4-7(3-11-13)12-10(17)14-6-18-5-8(14)9(15)16/h3-4,8H,2,5-6H2,1H3,(H,12,17)(H,15,16). The first kappa shape index (κ1) is 12.7. The average molecular weight is 270 g/mol. The number of aryl methyl sites for hydroxylation is 1. The van der Waals surface area contributed by atoms with Gasteiger partial charge in [0.05, 0.1) is 17.8 Å². The van der Waals surface area contributed by atoms with Gasteiger partial charge in [-0.1, -0.05) is 0 Å². The Morgan fingerprint density at radius 2 is 2.44 bits per heavy atom. The molecule has 1 aliphatic rings. The van der Waals surface area contributed by atoms with E-state index in [-0.39, 0.29) is 0 Å². The van der Waals surface area contributed by atoms with Gasteiger partial charge in [-0.25, -0.2) is 9.59 Å². The topological polar surface area (TPSA) is 87.5 Å². The first-order chi connectivity index (χ1) is 8.61. The quantitative estimate of drug-likeness (QED) is 0.852. The van der Waals surface area contributed by atoms with Crippen molar-refractivity contribution in [2.75, 3.05) is 16.9 Å². The van der Waals surface area contributed by atoms with Crippen LogP contribution in [0.2, 0.25) is 0 Å². The van der Waals surface area contributed by atoms with E-state index in [1.165, 1.54) is 16.7 Å². The number of carboxylic acid groups (broad SMARTS) is 1. The number of carbonyl (C=O) groups is 2. The van der Waals surface area contributed by atoms with E-state index in [1.54, 1.807) is 17.1 Å². The fraction of sp³-hybridized carbons (Fsp3) is 0.500. The minimum atomic E-state index is -0.973. The van der Waals surface area contributed by atoms with Crippen LogP contribution in [0.3, 0.4) is 0 Å². The third kappa shape index (κ3) is 2.58. The summed E-state index contributed by atoms with van der Waals surface area (Å²) in [6, 6.07) is -1.15. The van der Waals surface area contributed by atoms with Crippen LogP contribution in [0.1, 0.15) is 6.92 Å². The highest BCUT2D eigenvalue weighted by atomic mass is 32.2. The fourth-order valence-electron chi connectivity index (χ4n) is 1.64. The van der Waals surface area contributed by atoms with Crippen molar-refractivity contribution in [3.63, 3.8) is 0 Å². The van der Waals surface area contributed by atoms with Crippen LogP contribution in [0.4, 0.5) is 10.5 Å². The van der Waals surface area contributed by atoms with Gasteiger partial charge < -0.3 is 15.3 Å². The minimum absolute atomic E-state index is 0.394. The van der Waals surface area contributed by atoms with Crippen molar-refractivity contribution >= 4 is 29.4 Å². The molecule has 0 bridgehead atoms. The number of thioether (sulfide) groups is 1. The molecular weight excluding hydrogens is 256 g/mol. The molecule has 1 unspecified atom stereocenters. The molecule has 0 aromatic carbocycles. The number of aromatic nitrogens is 2. The zero-order valence-corrected chi connectivity index (χ0v) is 10.7. The predicted octanol–water partition coefficient (Wildman–Crippen LogP) is 0.894. The molecule has 0 saturated carbocycles. The second-order valence-corrected chi connectivity index (χ2v) is 4.84. The molecule has 1 fully saturated rings. The molecule has 7 nitrogen and oxygen atoms in total. The third-order valence-corrected chi connectivity index (χ3v) is 3.65. The number of amides is 2. The molecule has 0 aliphatic carbocycles. The van der Waals surface area contributed by atoms with Crippen molar-refractivity contribution in [1.82, 2.24) is 14.7 Å². The van der Waals surface area contributed by atoms with E-state index >= 15 is 0 Å². The Morgan fingerprint density at radius 3 is 3.06 bits per heavy atom. The van der Waals surface area contributed by atoms with E-state index in [0.717, 1.165) is 0 Å². The Balaban J connectivity index is 2.01. The van der Waals surface area contributed by atoms with Gasteiger partial charge in [-0.05, 0) is 6.92 Å². The summed E-state index contributed by atoms with van der Waals surface area (Å²) in [7, 11) is 0. The Hall–Kier alpha value is -1.70. The molecular formula is C10H14N4O3S. The molecule has 98 valence electrons. The lowest BCUT2D eigenvalue weighted by molar-refractivity contribution is -0.140. The van der Waals surface area contributed by atoms with Gasteiger partial charge in [0, 0.05) is 18.5 Å². The first-order valence-corrected chi connectivity index (χ1v) is 6.68. The van der Waals surface area contributed by atoms with Gasteiger partial charge in [0.15, 0.2) is 0 Å². The molecule has 2 heterocycles. The second kappa shape index (κ2) is 5.30. The number of anilines is 1. The summed E-state index contributed by atoms with van der Waals surface area (Å²) in [6.45, 7) is 2.66. The van der Waals surface area contributed by atoms with Crippen molar-refractivity contribution in [3.05, 3.63) is 12.4 Å². The van der Waals surface area contributed by atoms with Gasteiger partial charge in [-0.3, -0.25) is 4.68 Å². The van der Waals surface area contributed by atoms with Crippen molar-refractivity contribution < 1.29 is 14.7 Å². The van der Waals surface area contributed by atoms with Gasteiger partial charge in [0.25, 0.3) is 0 Å². The summed E-state index contributed by atoms with van der Waals surface area (Å²) in [6.07, 6.45) is 3.25. The van der Waals surface area contributed by atoms with Crippen molar-refractivity contribution in [3.8, 4) is 0 Å². The molecule has 0 radical (unpaired) electrons. The third-order valence-electron chi connectivity index (χ3n) is 2.64. The Morgan fingerprint density at radius 1 is 1.67 bits per heavy atom. The number of carbonyl (C=O) groups excluding carboxylic acids is 1. The largest absolute Gasteiger partial charge is 0.480 e. The monoisotopic (exact) mass is 270 g/mol. The van der Waals surface area contributed by atoms with Crippen LogP contribution in [0.5, 0.6) is 0 Å². The van der Waals surface area contributed by atoms with E-state index in [4.69, 9.17) is 5.11 Å². The summed E-state index contributed by atoms with van der Waals surface area (Å²) in [5, 5.41) is 15.7. The van der Waals surface area contributed by atoms with E-state index in [0.29, 0.717) is 23.9 Å². The van der Waals surface area contributed by atoms with Crippen LogP contribution in [-0.4, -0.2) is 49.5 Å². The Labute approximate surface area is 108 Å². The molecule has 18 heavy (non-hydrogen) atoms. The lowest BCUT2D eigenvalue weighted by Gasteiger charge is -2.20. The maximum Gasteiger partial charge on any atom is 0.327 e. The molecule has 0 spiro atoms. The highest BCUT2D eigenvalue weighted by Crippen LogP contribution is 2.22. The van der Waals surface area contributed by atoms with Crippen molar-refractivity contribution in [2.24, 2.45) is 0 Å². The van der Waals surface area contributed by atoms with E-state index in [9.17, 15) is 9.59 Å². The zero-order chi connectivity index (χ0) is 13.1. The van der Waals surface area contributed by atoms with Crippen LogP contribution in [0.25, 0.3) is 0 Å². The molecule has 1 aromatic rings. The Bertz CT molecular complexity index is 462. The zero-order valence-electron chi connectivity index (χ0n) is 9.87. The first-order valence-electron chi connectivity index (χ1n) is 5.52. The van der Waals surface area contributed by atoms with Gasteiger partial charge in [0.2, 0.25) is 0 Å². The number of urea groups is 1. The maximum absolute atomic E-state index is 11.9. The molecule has 1 aliphatic heterocycles. The number of aliphatic carboxylic acids is 1. The number of rotatable bonds is 3. The smallest absolute Gasteiger partial charge is 0.327 e. The highest BCUT2D eigenvalue weighted by molar-refractivity contribution is 7.99. The molecule has 2 amide bonds. The summed E-state index contributed by atoms with van der Waals surface area (Å²) in [5.74, 6) is -0.152. The molecule has 8 heteroatoms. The van der Waals surface area contributed by atoms with Crippen LogP contribution < -0.4 is 5.32 Å². The van der Waals surface area contributed by atoms with E-state index < -0.39 is 18.0 Å². The summed E-state index contributed by atoms with van der Waals surface area (Å²) < 4.78 is 1.68. The predicted molar refractivity (Wildman–Crippen MR) is 67.5 cm³/mol. The number of carboxylic acids is 1. The number of nitrogens with one attached hydrogen (secondary N) is 1. The van der Waals surface area contributed by atoms with Crippen molar-refractivity contribution in [1.29, 1.82) is 0 Å². The van der Waals surface area contributed by atoms with Gasteiger partial charge in [0.1, 0.15) is 6.04 Å². The van der Waals surface area contributed by atoms with Gasteiger partial charge >= 0.3 is 12.0 Å². The SMILES string of the molecule is CCn1cc(NC(=O)N2CSCC2C(=O)O)cn1. The molecule has 2 rings (SSSR count). The van der Waals surface area contributed by atoms with Gasteiger partial charge in [-0.15, -0.1) is 11.8 Å². The fourth-order valence-corrected chi connectivity index (χ4v) is 2.79. The molecule has 1 aromatic heterocycles. The average Bonchev–Trinajstić information content (AvgIpc) is 2.96. The minimum Gasteiger partial charge on any atom is -0.480 e. The Kier molecular flexibility index (Phi) is 3.75. The second-order valence-electron chi connectivity index (χ2n) is 3.84. The summed E-state index contributed by atoms with van der Waals surface area (Å²) in [5.41, 5.74) is 0.572. The van der Waals surface area contributed by atoms with E-state index in [1.807, 2.05) is 6.92 Å². The summed E-state index contributed by atoms with van der Waals surface area (Å²) >= 11 is 1.43. The summed E-state index contributed by atoms with van der Waals surface area (Å²) in [4.78, 5) is 24.2. The van der Waals surface area contributed by atoms with Crippen LogP contribution in [-0.2, 0) is 11.3 Å². The lowest BCUT2D eigenvalue weighted by Crippen LogP contribution is -2.43. The van der Waals surface area contributed by atoms with Crippen molar-refractivity contribution in [2.45, 2.75) is 19.5 Å². The van der Waals surface area contributed by atoms with E-state index in [2.05, 4.69) is 10.4 Å². The van der Waals surface area contributed by atoms with Gasteiger partial charge in [-0.2, -0.15) is 5.10 Å². The number of nitrogens with zero attached hydrogens (tertiary/aromatic N) is 3. The highest BCUT2D eigenvalue weighted by Gasteiger charge is 2.34.